The quantitative estimate of drug-likeness (QED) is 0.619. The normalized spacial score (nSPS) is 12.3. The second-order valence-electron chi connectivity index (χ2n) is 2.19. The molecule has 0 aliphatic heterocycles. The first-order valence-corrected chi connectivity index (χ1v) is 3.24. The fraction of sp³-hybridized carbons (Fsp3) is 0.571. The molecule has 0 aromatic heterocycles. The molecule has 0 fully saturated rings. The number of halogens is 1. The third-order valence-corrected chi connectivity index (χ3v) is 1.23. The Kier molecular flexibility index (Phi) is 4.45. The van der Waals surface area contributed by atoms with E-state index in [1.54, 1.807) is 0 Å². The van der Waals surface area contributed by atoms with Gasteiger partial charge in [0.2, 0.25) is 0 Å². The third-order valence-electron chi connectivity index (χ3n) is 1.23. The van der Waals surface area contributed by atoms with E-state index in [2.05, 4.69) is 11.3 Å². The summed E-state index contributed by atoms with van der Waals surface area (Å²) in [6, 6.07) is -0.743. The summed E-state index contributed by atoms with van der Waals surface area (Å²) < 4.78 is 16.4. The molecule has 0 heterocycles. The van der Waals surface area contributed by atoms with Gasteiger partial charge in [0.05, 0.1) is 12.9 Å². The van der Waals surface area contributed by atoms with Crippen LogP contribution in [0.2, 0.25) is 0 Å². The molecule has 0 aliphatic carbocycles. The molecule has 0 spiro atoms. The maximum atomic E-state index is 12.0. The number of allylic oxidation sites excluding steroid dienone is 1. The topological polar surface area (TPSA) is 52.3 Å². The highest BCUT2D eigenvalue weighted by Crippen LogP contribution is 2.05. The average molecular weight is 161 g/mol. The van der Waals surface area contributed by atoms with Crippen molar-refractivity contribution in [1.82, 2.24) is 0 Å². The Morgan fingerprint density at radius 1 is 1.82 bits per heavy atom. The van der Waals surface area contributed by atoms with E-state index in [1.807, 2.05) is 0 Å². The maximum absolute atomic E-state index is 12.0. The van der Waals surface area contributed by atoms with Crippen LogP contribution in [-0.4, -0.2) is 19.1 Å². The summed E-state index contributed by atoms with van der Waals surface area (Å²) in [6.07, 6.45) is 0.346. The van der Waals surface area contributed by atoms with Crippen LogP contribution < -0.4 is 5.73 Å². The summed E-state index contributed by atoms with van der Waals surface area (Å²) in [4.78, 5) is 10.6. The van der Waals surface area contributed by atoms with Gasteiger partial charge in [0, 0.05) is 6.42 Å². The van der Waals surface area contributed by atoms with Crippen molar-refractivity contribution >= 4 is 5.97 Å². The number of carbonyl (C=O) groups is 1. The van der Waals surface area contributed by atoms with Crippen molar-refractivity contribution in [2.75, 3.05) is 7.11 Å². The number of hydrogen-bond acceptors (Lipinski definition) is 3. The molecular weight excluding hydrogens is 149 g/mol. The fourth-order valence-corrected chi connectivity index (χ4v) is 0.581. The lowest BCUT2D eigenvalue weighted by Crippen LogP contribution is -2.31. The van der Waals surface area contributed by atoms with Crippen LogP contribution in [0.15, 0.2) is 12.4 Å². The summed E-state index contributed by atoms with van der Waals surface area (Å²) in [5, 5.41) is 0. The molecule has 0 amide bonds. The standard InChI is InChI=1S/C7H12FNO2/c1-5(8)3-4-6(9)7(10)11-2/h6H,1,3-4,9H2,2H3/t6-/m0/s1. The fourth-order valence-electron chi connectivity index (χ4n) is 0.581. The predicted molar refractivity (Wildman–Crippen MR) is 39.5 cm³/mol. The Morgan fingerprint density at radius 2 is 2.36 bits per heavy atom. The largest absolute Gasteiger partial charge is 0.468 e. The Morgan fingerprint density at radius 3 is 2.73 bits per heavy atom. The zero-order valence-corrected chi connectivity index (χ0v) is 6.47. The molecule has 0 aliphatic rings. The zero-order chi connectivity index (χ0) is 8.85. The van der Waals surface area contributed by atoms with Gasteiger partial charge in [-0.15, -0.1) is 0 Å². The molecule has 0 aromatic rings. The van der Waals surface area contributed by atoms with Crippen LogP contribution in [-0.2, 0) is 9.53 Å². The highest BCUT2D eigenvalue weighted by atomic mass is 19.1. The predicted octanol–water partition coefficient (Wildman–Crippen LogP) is 0.750. The van der Waals surface area contributed by atoms with E-state index in [-0.39, 0.29) is 12.8 Å². The lowest BCUT2D eigenvalue weighted by molar-refractivity contribution is -0.142. The summed E-state index contributed by atoms with van der Waals surface area (Å²) >= 11 is 0. The number of rotatable bonds is 4. The van der Waals surface area contributed by atoms with Gasteiger partial charge in [0.25, 0.3) is 0 Å². The van der Waals surface area contributed by atoms with Crippen molar-refractivity contribution in [3.63, 3.8) is 0 Å². The second-order valence-corrected chi connectivity index (χ2v) is 2.19. The van der Waals surface area contributed by atoms with Crippen LogP contribution in [0.5, 0.6) is 0 Å². The molecule has 4 heteroatoms. The minimum atomic E-state index is -0.743. The van der Waals surface area contributed by atoms with Crippen LogP contribution in [0.25, 0.3) is 0 Å². The summed E-state index contributed by atoms with van der Waals surface area (Å²) in [5.41, 5.74) is 5.29. The van der Waals surface area contributed by atoms with Crippen molar-refractivity contribution in [3.05, 3.63) is 12.4 Å². The summed E-state index contributed by atoms with van der Waals surface area (Å²) in [5.74, 6) is -0.990. The maximum Gasteiger partial charge on any atom is 0.322 e. The number of esters is 1. The molecule has 0 unspecified atom stereocenters. The minimum Gasteiger partial charge on any atom is -0.468 e. The average Bonchev–Trinajstić information content (AvgIpc) is 1.98. The van der Waals surface area contributed by atoms with E-state index in [4.69, 9.17) is 5.73 Å². The summed E-state index contributed by atoms with van der Waals surface area (Å²) in [7, 11) is 1.24. The molecule has 2 N–H and O–H groups in total. The Bertz CT molecular complexity index is 159. The van der Waals surface area contributed by atoms with Gasteiger partial charge in [0.1, 0.15) is 6.04 Å². The first kappa shape index (κ1) is 10.1. The number of hydrogen-bond donors (Lipinski definition) is 1. The molecule has 0 rings (SSSR count). The SMILES string of the molecule is C=C(F)CC[C@H](N)C(=O)OC. The lowest BCUT2D eigenvalue weighted by Gasteiger charge is -2.06. The molecular formula is C7H12FNO2. The molecule has 11 heavy (non-hydrogen) atoms. The van der Waals surface area contributed by atoms with Gasteiger partial charge in [-0.25, -0.2) is 4.39 Å². The Hall–Kier alpha value is -0.900. The highest BCUT2D eigenvalue weighted by molar-refractivity contribution is 5.75. The van der Waals surface area contributed by atoms with Gasteiger partial charge < -0.3 is 10.5 Å². The van der Waals surface area contributed by atoms with Crippen LogP contribution in [0.3, 0.4) is 0 Å². The van der Waals surface area contributed by atoms with E-state index in [1.165, 1.54) is 7.11 Å². The van der Waals surface area contributed by atoms with E-state index < -0.39 is 17.8 Å². The minimum absolute atomic E-state index is 0.107. The highest BCUT2D eigenvalue weighted by Gasteiger charge is 2.12. The first-order valence-electron chi connectivity index (χ1n) is 3.24. The van der Waals surface area contributed by atoms with Crippen LogP contribution in [0.4, 0.5) is 4.39 Å². The third kappa shape index (κ3) is 4.50. The molecule has 1 atom stereocenters. The second kappa shape index (κ2) is 4.85. The summed E-state index contributed by atoms with van der Waals surface area (Å²) in [6.45, 7) is 3.04. The van der Waals surface area contributed by atoms with Gasteiger partial charge in [-0.05, 0) is 6.42 Å². The smallest absolute Gasteiger partial charge is 0.322 e. The molecule has 64 valence electrons. The number of ether oxygens (including phenoxy) is 1. The number of carbonyl (C=O) groups excluding carboxylic acids is 1. The van der Waals surface area contributed by atoms with Gasteiger partial charge in [0.15, 0.2) is 0 Å². The van der Waals surface area contributed by atoms with Crippen molar-refractivity contribution in [2.45, 2.75) is 18.9 Å². The van der Waals surface area contributed by atoms with Gasteiger partial charge in [-0.1, -0.05) is 6.58 Å². The van der Waals surface area contributed by atoms with Crippen molar-refractivity contribution in [3.8, 4) is 0 Å². The van der Waals surface area contributed by atoms with Crippen molar-refractivity contribution in [2.24, 2.45) is 5.73 Å². The van der Waals surface area contributed by atoms with E-state index in [0.29, 0.717) is 0 Å². The van der Waals surface area contributed by atoms with Crippen LogP contribution in [0, 0.1) is 0 Å². The van der Waals surface area contributed by atoms with E-state index >= 15 is 0 Å². The molecule has 0 bridgehead atoms. The van der Waals surface area contributed by atoms with E-state index in [9.17, 15) is 9.18 Å². The lowest BCUT2D eigenvalue weighted by atomic mass is 10.1. The molecule has 0 saturated heterocycles. The van der Waals surface area contributed by atoms with E-state index in [0.717, 1.165) is 0 Å². The van der Waals surface area contributed by atoms with Gasteiger partial charge >= 0.3 is 5.97 Å². The van der Waals surface area contributed by atoms with Gasteiger partial charge in [-0.2, -0.15) is 0 Å². The monoisotopic (exact) mass is 161 g/mol. The molecule has 3 nitrogen and oxygen atoms in total. The Labute approximate surface area is 65.0 Å². The molecule has 0 saturated carbocycles. The Balaban J connectivity index is 3.60. The number of methoxy groups -OCH3 is 1. The first-order chi connectivity index (χ1) is 5.07. The van der Waals surface area contributed by atoms with Crippen molar-refractivity contribution in [1.29, 1.82) is 0 Å². The molecule has 0 aromatic carbocycles. The van der Waals surface area contributed by atoms with Crippen LogP contribution in [0.1, 0.15) is 12.8 Å². The van der Waals surface area contributed by atoms with Crippen molar-refractivity contribution < 1.29 is 13.9 Å². The van der Waals surface area contributed by atoms with Crippen LogP contribution >= 0.6 is 0 Å². The zero-order valence-electron chi connectivity index (χ0n) is 6.47. The molecule has 0 radical (unpaired) electrons. The number of nitrogens with two attached hydrogens (primary N) is 1. The van der Waals surface area contributed by atoms with Gasteiger partial charge in [-0.3, -0.25) is 4.79 Å².